The lowest BCUT2D eigenvalue weighted by Crippen LogP contribution is -2.84. The van der Waals surface area contributed by atoms with Gasteiger partial charge in [0, 0.05) is 29.5 Å². The van der Waals surface area contributed by atoms with Crippen molar-refractivity contribution in [2.24, 2.45) is 0 Å². The summed E-state index contributed by atoms with van der Waals surface area (Å²) in [5, 5.41) is 5.86. The highest BCUT2D eigenvalue weighted by Crippen LogP contribution is 2.60. The van der Waals surface area contributed by atoms with Crippen molar-refractivity contribution in [3.05, 3.63) is 53.3 Å². The molecule has 3 aliphatic rings. The molecule has 3 fully saturated rings. The summed E-state index contributed by atoms with van der Waals surface area (Å²) in [7, 11) is 0. The second-order valence-corrected chi connectivity index (χ2v) is 7.44. The quantitative estimate of drug-likeness (QED) is 0.785. The summed E-state index contributed by atoms with van der Waals surface area (Å²) < 4.78 is 18.6. The molecule has 2 N–H and O–H groups in total. The molecule has 0 spiro atoms. The van der Waals surface area contributed by atoms with E-state index in [1.165, 1.54) is 24.5 Å². The highest BCUT2D eigenvalue weighted by molar-refractivity contribution is 6.30. The first kappa shape index (κ1) is 17.7. The van der Waals surface area contributed by atoms with Crippen LogP contribution in [0, 0.1) is 5.82 Å². The van der Waals surface area contributed by atoms with Crippen molar-refractivity contribution in [2.75, 3.05) is 6.61 Å². The topological polar surface area (TPSA) is 93.2 Å². The minimum absolute atomic E-state index is 0.00563. The normalized spacial score (nSPS) is 25.0. The van der Waals surface area contributed by atoms with Crippen molar-refractivity contribution in [3.63, 3.8) is 0 Å². The van der Waals surface area contributed by atoms with Crippen LogP contribution in [0.4, 0.5) is 4.39 Å². The van der Waals surface area contributed by atoms with E-state index in [0.717, 1.165) is 6.07 Å². The summed E-state index contributed by atoms with van der Waals surface area (Å²) in [4.78, 5) is 32.1. The molecule has 27 heavy (non-hydrogen) atoms. The van der Waals surface area contributed by atoms with Crippen molar-refractivity contribution in [1.82, 2.24) is 20.6 Å². The molecule has 7 nitrogen and oxygen atoms in total. The first-order valence-electron chi connectivity index (χ1n) is 8.37. The second kappa shape index (κ2) is 6.45. The van der Waals surface area contributed by atoms with Gasteiger partial charge in [0.25, 0.3) is 11.8 Å². The van der Waals surface area contributed by atoms with Crippen LogP contribution in [0.5, 0.6) is 5.75 Å². The number of aromatic nitrogens is 2. The largest absolute Gasteiger partial charge is 0.484 e. The fourth-order valence-electron chi connectivity index (χ4n) is 3.81. The van der Waals surface area contributed by atoms with Gasteiger partial charge in [0.1, 0.15) is 11.6 Å². The fourth-order valence-corrected chi connectivity index (χ4v) is 3.93. The average Bonchev–Trinajstić information content (AvgIpc) is 2.60. The van der Waals surface area contributed by atoms with E-state index in [-0.39, 0.29) is 46.1 Å². The Balaban J connectivity index is 1.24. The number of carbonyl (C=O) groups is 2. The van der Waals surface area contributed by atoms with Crippen molar-refractivity contribution in [1.29, 1.82) is 0 Å². The van der Waals surface area contributed by atoms with E-state index in [4.69, 9.17) is 16.3 Å². The Labute approximate surface area is 159 Å². The molecule has 0 atom stereocenters. The van der Waals surface area contributed by atoms with E-state index in [1.54, 1.807) is 6.07 Å². The van der Waals surface area contributed by atoms with Crippen LogP contribution in [0.1, 0.15) is 29.9 Å². The Morgan fingerprint density at radius 2 is 1.81 bits per heavy atom. The van der Waals surface area contributed by atoms with Gasteiger partial charge < -0.3 is 15.4 Å². The number of nitrogens with zero attached hydrogens (tertiary/aromatic N) is 2. The van der Waals surface area contributed by atoms with E-state index in [9.17, 15) is 14.0 Å². The van der Waals surface area contributed by atoms with Crippen LogP contribution < -0.4 is 15.4 Å². The van der Waals surface area contributed by atoms with Gasteiger partial charge in [-0.1, -0.05) is 11.6 Å². The van der Waals surface area contributed by atoms with Gasteiger partial charge in [-0.2, -0.15) is 0 Å². The smallest absolute Gasteiger partial charge is 0.289 e. The molecular weight excluding hydrogens is 375 g/mol. The molecule has 2 aromatic rings. The average molecular weight is 391 g/mol. The maximum absolute atomic E-state index is 13.4. The second-order valence-electron chi connectivity index (χ2n) is 7.03. The number of rotatable bonds is 6. The van der Waals surface area contributed by atoms with E-state index in [2.05, 4.69) is 20.6 Å². The molecule has 2 bridgehead atoms. The number of hydrogen-bond acceptors (Lipinski definition) is 5. The maximum atomic E-state index is 13.4. The molecule has 1 aromatic heterocycles. The van der Waals surface area contributed by atoms with Crippen LogP contribution in [-0.2, 0) is 4.79 Å². The molecule has 3 saturated carbocycles. The standard InChI is InChI=1S/C18H16ClFN4O3/c19-12-3-2-11(6-13(12)20)27-7-14(25)23-17-8-18(9-17,10-17)24-16(26)15-21-4-1-5-22-15/h1-6H,7-10H2,(H,23,25)(H,24,26). The maximum Gasteiger partial charge on any atom is 0.289 e. The highest BCUT2D eigenvalue weighted by Gasteiger charge is 2.69. The zero-order valence-corrected chi connectivity index (χ0v) is 14.9. The minimum atomic E-state index is -0.603. The van der Waals surface area contributed by atoms with Crippen molar-refractivity contribution < 1.29 is 18.7 Å². The summed E-state index contributed by atoms with van der Waals surface area (Å²) in [5.41, 5.74) is -0.611. The Morgan fingerprint density at radius 1 is 1.15 bits per heavy atom. The van der Waals surface area contributed by atoms with E-state index < -0.39 is 5.82 Å². The van der Waals surface area contributed by atoms with Crippen molar-refractivity contribution in [2.45, 2.75) is 30.3 Å². The number of hydrogen-bond donors (Lipinski definition) is 2. The summed E-state index contributed by atoms with van der Waals surface area (Å²) in [5.74, 6) is -0.853. The van der Waals surface area contributed by atoms with Gasteiger partial charge in [-0.25, -0.2) is 14.4 Å². The third-order valence-electron chi connectivity index (χ3n) is 4.84. The van der Waals surface area contributed by atoms with Gasteiger partial charge in [0.15, 0.2) is 6.61 Å². The molecule has 0 unspecified atom stereocenters. The predicted molar refractivity (Wildman–Crippen MR) is 93.9 cm³/mol. The van der Waals surface area contributed by atoms with Crippen LogP contribution in [0.15, 0.2) is 36.7 Å². The first-order valence-corrected chi connectivity index (χ1v) is 8.75. The predicted octanol–water partition coefficient (Wildman–Crippen LogP) is 1.87. The number of amides is 2. The number of benzene rings is 1. The zero-order chi connectivity index (χ0) is 19.1. The molecule has 5 rings (SSSR count). The third kappa shape index (κ3) is 3.44. The Kier molecular flexibility index (Phi) is 4.22. The van der Waals surface area contributed by atoms with Crippen molar-refractivity contribution in [3.8, 4) is 5.75 Å². The number of nitrogens with one attached hydrogen (secondary N) is 2. The van der Waals surface area contributed by atoms with Gasteiger partial charge in [-0.05, 0) is 37.5 Å². The van der Waals surface area contributed by atoms with E-state index in [1.807, 2.05) is 0 Å². The molecule has 1 heterocycles. The lowest BCUT2D eigenvalue weighted by molar-refractivity contribution is -0.141. The first-order chi connectivity index (χ1) is 12.9. The van der Waals surface area contributed by atoms with E-state index >= 15 is 0 Å². The molecule has 2 amide bonds. The lowest BCUT2D eigenvalue weighted by Gasteiger charge is -2.70. The number of ether oxygens (including phenoxy) is 1. The minimum Gasteiger partial charge on any atom is -0.484 e. The fraction of sp³-hybridized carbons (Fsp3) is 0.333. The third-order valence-corrected chi connectivity index (χ3v) is 5.15. The molecule has 0 radical (unpaired) electrons. The monoisotopic (exact) mass is 390 g/mol. The Bertz CT molecular complexity index is 889. The molecular formula is C18H16ClFN4O3. The summed E-state index contributed by atoms with van der Waals surface area (Å²) in [6, 6.07) is 5.64. The highest BCUT2D eigenvalue weighted by atomic mass is 35.5. The number of carbonyl (C=O) groups excluding carboxylic acids is 2. The number of halogens is 2. The van der Waals surface area contributed by atoms with Crippen LogP contribution >= 0.6 is 11.6 Å². The van der Waals surface area contributed by atoms with Gasteiger partial charge >= 0.3 is 0 Å². The van der Waals surface area contributed by atoms with Crippen LogP contribution in [0.2, 0.25) is 5.02 Å². The summed E-state index contributed by atoms with van der Waals surface area (Å²) in [6.45, 7) is -0.222. The molecule has 9 heteroatoms. The van der Waals surface area contributed by atoms with Crippen LogP contribution in [0.25, 0.3) is 0 Å². The zero-order valence-electron chi connectivity index (χ0n) is 14.2. The SMILES string of the molecule is O=C(COc1ccc(Cl)c(F)c1)NC12CC(NC(=O)c3ncccn3)(C1)C2. The van der Waals surface area contributed by atoms with Crippen molar-refractivity contribution >= 4 is 23.4 Å². The van der Waals surface area contributed by atoms with Gasteiger partial charge in [0.05, 0.1) is 5.02 Å². The summed E-state index contributed by atoms with van der Waals surface area (Å²) in [6.07, 6.45) is 4.98. The van der Waals surface area contributed by atoms with Gasteiger partial charge in [-0.3, -0.25) is 9.59 Å². The summed E-state index contributed by atoms with van der Waals surface area (Å²) >= 11 is 5.60. The van der Waals surface area contributed by atoms with Gasteiger partial charge in [-0.15, -0.1) is 0 Å². The molecule has 140 valence electrons. The Morgan fingerprint density at radius 3 is 2.48 bits per heavy atom. The van der Waals surface area contributed by atoms with E-state index in [0.29, 0.717) is 19.3 Å². The van der Waals surface area contributed by atoms with Gasteiger partial charge in [0.2, 0.25) is 5.82 Å². The Hall–Kier alpha value is -2.74. The molecule has 3 aliphatic carbocycles. The molecule has 0 saturated heterocycles. The molecule has 1 aromatic carbocycles. The van der Waals surface area contributed by atoms with Crippen LogP contribution in [0.3, 0.4) is 0 Å². The molecule has 0 aliphatic heterocycles. The lowest BCUT2D eigenvalue weighted by atomic mass is 9.44. The van der Waals surface area contributed by atoms with Crippen LogP contribution in [-0.4, -0.2) is 39.5 Å².